The Kier molecular flexibility index (Phi) is 4.31. The Balaban J connectivity index is 1.54. The van der Waals surface area contributed by atoms with Gasteiger partial charge in [0.15, 0.2) is 0 Å². The number of hydrogen-bond donors (Lipinski definition) is 1. The first-order valence-corrected chi connectivity index (χ1v) is 7.26. The Labute approximate surface area is 124 Å². The first-order valence-electron chi connectivity index (χ1n) is 7.26. The van der Waals surface area contributed by atoms with Gasteiger partial charge in [-0.3, -0.25) is 4.79 Å². The van der Waals surface area contributed by atoms with Crippen LogP contribution in [0.25, 0.3) is 0 Å². The molecule has 1 fully saturated rings. The van der Waals surface area contributed by atoms with E-state index >= 15 is 0 Å². The average molecular weight is 285 g/mol. The zero-order valence-electron chi connectivity index (χ0n) is 11.9. The highest BCUT2D eigenvalue weighted by Crippen LogP contribution is 2.11. The third kappa shape index (κ3) is 3.70. The minimum absolute atomic E-state index is 0.0420. The molecule has 21 heavy (non-hydrogen) atoms. The summed E-state index contributed by atoms with van der Waals surface area (Å²) in [6, 6.07) is 7.66. The van der Waals surface area contributed by atoms with Crippen molar-refractivity contribution in [1.82, 2.24) is 14.9 Å². The lowest BCUT2D eigenvalue weighted by Crippen LogP contribution is -2.31. The molecule has 0 spiro atoms. The summed E-state index contributed by atoms with van der Waals surface area (Å²) >= 11 is 0. The Hall–Kier alpha value is -2.14. The van der Waals surface area contributed by atoms with Gasteiger partial charge in [0.05, 0.1) is 12.4 Å². The first kappa shape index (κ1) is 13.8. The maximum atomic E-state index is 12.0. The molecule has 1 aliphatic heterocycles. The predicted molar refractivity (Wildman–Crippen MR) is 79.1 cm³/mol. The van der Waals surface area contributed by atoms with E-state index in [-0.39, 0.29) is 12.0 Å². The lowest BCUT2D eigenvalue weighted by molar-refractivity contribution is 0.0858. The molecule has 2 heterocycles. The van der Waals surface area contributed by atoms with Crippen LogP contribution in [0.5, 0.6) is 0 Å². The summed E-state index contributed by atoms with van der Waals surface area (Å²) in [6.07, 6.45) is 7.75. The summed E-state index contributed by atoms with van der Waals surface area (Å²) in [4.78, 5) is 16.1. The molecule has 0 bridgehead atoms. The molecule has 3 rings (SSSR count). The van der Waals surface area contributed by atoms with Gasteiger partial charge in [0, 0.05) is 37.7 Å². The van der Waals surface area contributed by atoms with E-state index in [1.807, 2.05) is 35.0 Å². The van der Waals surface area contributed by atoms with Gasteiger partial charge in [-0.05, 0) is 30.5 Å². The molecule has 1 aromatic carbocycles. The molecule has 1 N–H and O–H groups in total. The van der Waals surface area contributed by atoms with Crippen LogP contribution in [0.2, 0.25) is 0 Å². The molecule has 1 unspecified atom stereocenters. The second-order valence-electron chi connectivity index (χ2n) is 5.28. The van der Waals surface area contributed by atoms with Gasteiger partial charge in [-0.1, -0.05) is 12.1 Å². The predicted octanol–water partition coefficient (Wildman–Crippen LogP) is 1.84. The van der Waals surface area contributed by atoms with Crippen LogP contribution < -0.4 is 5.32 Å². The zero-order valence-corrected chi connectivity index (χ0v) is 11.9. The maximum Gasteiger partial charge on any atom is 0.251 e. The summed E-state index contributed by atoms with van der Waals surface area (Å²) in [6.45, 7) is 2.16. The van der Waals surface area contributed by atoms with Crippen LogP contribution in [0, 0.1) is 0 Å². The molecular weight excluding hydrogens is 266 g/mol. The fourth-order valence-corrected chi connectivity index (χ4v) is 2.47. The number of nitrogens with one attached hydrogen (secondary N) is 1. The summed E-state index contributed by atoms with van der Waals surface area (Å²) in [7, 11) is 0. The van der Waals surface area contributed by atoms with Gasteiger partial charge in [0.25, 0.3) is 5.91 Å². The van der Waals surface area contributed by atoms with Gasteiger partial charge in [-0.15, -0.1) is 0 Å². The highest BCUT2D eigenvalue weighted by molar-refractivity contribution is 5.94. The van der Waals surface area contributed by atoms with Crippen LogP contribution in [0.3, 0.4) is 0 Å². The second-order valence-corrected chi connectivity index (χ2v) is 5.28. The van der Waals surface area contributed by atoms with Crippen molar-refractivity contribution in [1.29, 1.82) is 0 Å². The second kappa shape index (κ2) is 6.54. The van der Waals surface area contributed by atoms with E-state index in [2.05, 4.69) is 10.3 Å². The fraction of sp³-hybridized carbons (Fsp3) is 0.375. The van der Waals surface area contributed by atoms with E-state index in [0.717, 1.165) is 31.6 Å². The van der Waals surface area contributed by atoms with Crippen molar-refractivity contribution in [2.75, 3.05) is 13.2 Å². The maximum absolute atomic E-state index is 12.0. The van der Waals surface area contributed by atoms with Crippen LogP contribution in [0.15, 0.2) is 43.0 Å². The van der Waals surface area contributed by atoms with Crippen LogP contribution in [-0.2, 0) is 11.3 Å². The number of amides is 1. The van der Waals surface area contributed by atoms with Crippen molar-refractivity contribution in [2.45, 2.75) is 25.5 Å². The van der Waals surface area contributed by atoms with Crippen LogP contribution >= 0.6 is 0 Å². The molecule has 1 aromatic heterocycles. The molecule has 5 nitrogen and oxygen atoms in total. The Bertz CT molecular complexity index is 572. The monoisotopic (exact) mass is 285 g/mol. The number of carbonyl (C=O) groups is 1. The van der Waals surface area contributed by atoms with Gasteiger partial charge in [0.1, 0.15) is 0 Å². The van der Waals surface area contributed by atoms with Gasteiger partial charge >= 0.3 is 0 Å². The van der Waals surface area contributed by atoms with Crippen molar-refractivity contribution in [3.63, 3.8) is 0 Å². The quantitative estimate of drug-likeness (QED) is 0.912. The van der Waals surface area contributed by atoms with Crippen LogP contribution in [0.1, 0.15) is 28.8 Å². The Morgan fingerprint density at radius 1 is 1.38 bits per heavy atom. The minimum atomic E-state index is -0.0420. The SMILES string of the molecule is O=C(NCC1CCCO1)c1ccc(Cn2ccnc2)cc1. The molecule has 1 aliphatic rings. The Morgan fingerprint density at radius 2 is 2.24 bits per heavy atom. The number of ether oxygens (including phenoxy) is 1. The number of hydrogen-bond acceptors (Lipinski definition) is 3. The number of imidazole rings is 1. The van der Waals surface area contributed by atoms with E-state index < -0.39 is 0 Å². The fourth-order valence-electron chi connectivity index (χ4n) is 2.47. The molecule has 1 saturated heterocycles. The molecule has 5 heteroatoms. The van der Waals surface area contributed by atoms with Gasteiger partial charge in [-0.2, -0.15) is 0 Å². The van der Waals surface area contributed by atoms with Crippen molar-refractivity contribution in [2.24, 2.45) is 0 Å². The van der Waals surface area contributed by atoms with E-state index in [1.165, 1.54) is 0 Å². The highest BCUT2D eigenvalue weighted by atomic mass is 16.5. The van der Waals surface area contributed by atoms with Crippen LogP contribution in [-0.4, -0.2) is 34.7 Å². The molecule has 1 atom stereocenters. The molecule has 0 aliphatic carbocycles. The normalized spacial score (nSPS) is 17.8. The van der Waals surface area contributed by atoms with E-state index in [0.29, 0.717) is 12.1 Å². The summed E-state index contributed by atoms with van der Waals surface area (Å²) < 4.78 is 7.49. The molecule has 0 saturated carbocycles. The number of nitrogens with zero attached hydrogens (tertiary/aromatic N) is 2. The van der Waals surface area contributed by atoms with Crippen LogP contribution in [0.4, 0.5) is 0 Å². The highest BCUT2D eigenvalue weighted by Gasteiger charge is 2.16. The largest absolute Gasteiger partial charge is 0.376 e. The minimum Gasteiger partial charge on any atom is -0.376 e. The lowest BCUT2D eigenvalue weighted by Gasteiger charge is -2.11. The standard InChI is InChI=1S/C16H19N3O2/c20-16(18-10-15-2-1-9-21-15)14-5-3-13(4-6-14)11-19-8-7-17-12-19/h3-8,12,15H,1-2,9-11H2,(H,18,20). The van der Waals surface area contributed by atoms with Crippen molar-refractivity contribution in [3.8, 4) is 0 Å². The van der Waals surface area contributed by atoms with Gasteiger partial charge < -0.3 is 14.6 Å². The molecule has 2 aromatic rings. The zero-order chi connectivity index (χ0) is 14.5. The summed E-state index contributed by atoms with van der Waals surface area (Å²) in [5.41, 5.74) is 1.83. The molecule has 0 radical (unpaired) electrons. The van der Waals surface area contributed by atoms with E-state index in [9.17, 15) is 4.79 Å². The van der Waals surface area contributed by atoms with Gasteiger partial charge in [0.2, 0.25) is 0 Å². The first-order chi connectivity index (χ1) is 10.3. The molecular formula is C16H19N3O2. The third-order valence-electron chi connectivity index (χ3n) is 3.65. The molecule has 110 valence electrons. The molecule has 1 amide bonds. The summed E-state index contributed by atoms with van der Waals surface area (Å²) in [5.74, 6) is -0.0420. The summed E-state index contributed by atoms with van der Waals surface area (Å²) in [5, 5.41) is 2.93. The number of rotatable bonds is 5. The van der Waals surface area contributed by atoms with E-state index in [4.69, 9.17) is 4.74 Å². The number of carbonyl (C=O) groups excluding carboxylic acids is 1. The van der Waals surface area contributed by atoms with Crippen molar-refractivity contribution in [3.05, 3.63) is 54.1 Å². The van der Waals surface area contributed by atoms with E-state index in [1.54, 1.807) is 12.5 Å². The Morgan fingerprint density at radius 3 is 2.90 bits per heavy atom. The van der Waals surface area contributed by atoms with Crippen molar-refractivity contribution < 1.29 is 9.53 Å². The topological polar surface area (TPSA) is 56.1 Å². The smallest absolute Gasteiger partial charge is 0.251 e. The van der Waals surface area contributed by atoms with Gasteiger partial charge in [-0.25, -0.2) is 4.98 Å². The number of benzene rings is 1. The average Bonchev–Trinajstić information content (AvgIpc) is 3.19. The third-order valence-corrected chi connectivity index (χ3v) is 3.65. The number of aromatic nitrogens is 2. The lowest BCUT2D eigenvalue weighted by atomic mass is 10.1. The van der Waals surface area contributed by atoms with Crippen molar-refractivity contribution >= 4 is 5.91 Å².